The fourth-order valence-electron chi connectivity index (χ4n) is 3.52. The molecule has 2 aliphatic rings. The number of carbonyl (C=O) groups is 2. The normalized spacial score (nSPS) is 13.5. The van der Waals surface area contributed by atoms with E-state index in [1.54, 1.807) is 18.2 Å². The Labute approximate surface area is 171 Å². The smallest absolute Gasteiger partial charge is 0.337 e. The lowest BCUT2D eigenvalue weighted by Gasteiger charge is -2.27. The van der Waals surface area contributed by atoms with E-state index in [1.165, 1.54) is 0 Å². The van der Waals surface area contributed by atoms with E-state index in [-0.39, 0.29) is 12.7 Å². The average molecular weight is 403 g/mol. The maximum Gasteiger partial charge on any atom is 0.337 e. The summed E-state index contributed by atoms with van der Waals surface area (Å²) in [6.45, 7) is 0.148. The summed E-state index contributed by atoms with van der Waals surface area (Å²) in [5.41, 5.74) is 6.85. The van der Waals surface area contributed by atoms with Gasteiger partial charge in [0, 0.05) is 22.9 Å². The molecule has 8 heteroatoms. The van der Waals surface area contributed by atoms with Crippen LogP contribution in [0, 0.1) is 0 Å². The molecule has 0 saturated heterocycles. The first-order valence-corrected chi connectivity index (χ1v) is 9.31. The average Bonchev–Trinajstić information content (AvgIpc) is 3.23. The van der Waals surface area contributed by atoms with Gasteiger partial charge in [-0.05, 0) is 24.3 Å². The first-order chi connectivity index (χ1) is 14.7. The standard InChI is InChI=1S/C22H17N3O5/c26-21(24-25-22(27)23-13-9-10-18-19(11-13)29-12-28-18)20-14-5-1-3-7-16(14)30-17-8-4-2-6-15(17)20/h1-11,20H,12H2,(H,24,26)(H2,23,25,27). The van der Waals surface area contributed by atoms with Crippen LogP contribution in [-0.2, 0) is 4.79 Å². The molecule has 0 spiro atoms. The minimum Gasteiger partial charge on any atom is -0.457 e. The van der Waals surface area contributed by atoms with Crippen molar-refractivity contribution in [3.63, 3.8) is 0 Å². The van der Waals surface area contributed by atoms with Gasteiger partial charge >= 0.3 is 6.03 Å². The van der Waals surface area contributed by atoms with Crippen molar-refractivity contribution in [2.45, 2.75) is 5.92 Å². The predicted octanol–water partition coefficient (Wildman–Crippen LogP) is 3.51. The number of fused-ring (bicyclic) bond motifs is 3. The van der Waals surface area contributed by atoms with Gasteiger partial charge in [0.2, 0.25) is 6.79 Å². The summed E-state index contributed by atoms with van der Waals surface area (Å²) >= 11 is 0. The molecule has 0 fully saturated rings. The fraction of sp³-hybridized carbons (Fsp3) is 0.0909. The van der Waals surface area contributed by atoms with Gasteiger partial charge < -0.3 is 19.5 Å². The molecule has 0 radical (unpaired) electrons. The van der Waals surface area contributed by atoms with Gasteiger partial charge in [0.25, 0.3) is 5.91 Å². The van der Waals surface area contributed by atoms with E-state index < -0.39 is 11.9 Å². The molecular formula is C22H17N3O5. The third-order valence-corrected chi connectivity index (χ3v) is 4.87. The van der Waals surface area contributed by atoms with Crippen LogP contribution in [0.3, 0.4) is 0 Å². The molecule has 3 aromatic carbocycles. The van der Waals surface area contributed by atoms with Crippen molar-refractivity contribution in [1.29, 1.82) is 0 Å². The highest BCUT2D eigenvalue weighted by Crippen LogP contribution is 2.43. The molecule has 0 atom stereocenters. The summed E-state index contributed by atoms with van der Waals surface area (Å²) in [4.78, 5) is 25.2. The van der Waals surface area contributed by atoms with E-state index in [0.717, 1.165) is 11.1 Å². The molecule has 0 aliphatic carbocycles. The number of nitrogens with one attached hydrogen (secondary N) is 3. The second-order valence-corrected chi connectivity index (χ2v) is 6.75. The molecular weight excluding hydrogens is 386 g/mol. The van der Waals surface area contributed by atoms with Gasteiger partial charge in [0.05, 0.1) is 5.92 Å². The molecule has 3 N–H and O–H groups in total. The zero-order valence-electron chi connectivity index (χ0n) is 15.7. The Hall–Kier alpha value is -4.20. The zero-order valence-corrected chi connectivity index (χ0v) is 15.7. The van der Waals surface area contributed by atoms with E-state index in [4.69, 9.17) is 14.2 Å². The Kier molecular flexibility index (Phi) is 4.36. The van der Waals surface area contributed by atoms with Crippen LogP contribution in [0.15, 0.2) is 66.7 Å². The zero-order chi connectivity index (χ0) is 20.5. The summed E-state index contributed by atoms with van der Waals surface area (Å²) in [6.07, 6.45) is 0. The van der Waals surface area contributed by atoms with Crippen LogP contribution < -0.4 is 30.4 Å². The second-order valence-electron chi connectivity index (χ2n) is 6.75. The minimum absolute atomic E-state index is 0.148. The fourth-order valence-corrected chi connectivity index (χ4v) is 3.52. The number of urea groups is 1. The molecule has 5 rings (SSSR count). The number of hydrogen-bond donors (Lipinski definition) is 3. The van der Waals surface area contributed by atoms with Crippen molar-refractivity contribution in [2.24, 2.45) is 0 Å². The Morgan fingerprint density at radius 1 is 0.767 bits per heavy atom. The molecule has 30 heavy (non-hydrogen) atoms. The third-order valence-electron chi connectivity index (χ3n) is 4.87. The molecule has 0 saturated carbocycles. The van der Waals surface area contributed by atoms with E-state index in [2.05, 4.69) is 16.2 Å². The maximum absolute atomic E-state index is 13.0. The lowest BCUT2D eigenvalue weighted by Crippen LogP contribution is -2.46. The number of rotatable bonds is 2. The first-order valence-electron chi connectivity index (χ1n) is 9.31. The highest BCUT2D eigenvalue weighted by molar-refractivity contribution is 5.94. The van der Waals surface area contributed by atoms with Gasteiger partial charge in [0.1, 0.15) is 11.5 Å². The monoisotopic (exact) mass is 403 g/mol. The molecule has 3 amide bonds. The minimum atomic E-state index is -0.614. The summed E-state index contributed by atoms with van der Waals surface area (Å²) in [5.74, 6) is 1.40. The quantitative estimate of drug-likeness (QED) is 0.569. The van der Waals surface area contributed by atoms with Crippen LogP contribution in [0.1, 0.15) is 17.0 Å². The van der Waals surface area contributed by atoms with Crippen LogP contribution in [0.4, 0.5) is 10.5 Å². The Morgan fingerprint density at radius 3 is 2.17 bits per heavy atom. The van der Waals surface area contributed by atoms with Crippen LogP contribution in [-0.4, -0.2) is 18.7 Å². The number of anilines is 1. The number of ether oxygens (including phenoxy) is 3. The van der Waals surface area contributed by atoms with Gasteiger partial charge in [0.15, 0.2) is 11.5 Å². The Bertz CT molecular complexity index is 1100. The summed E-state index contributed by atoms with van der Waals surface area (Å²) in [5, 5.41) is 2.64. The highest BCUT2D eigenvalue weighted by Gasteiger charge is 2.32. The summed E-state index contributed by atoms with van der Waals surface area (Å²) in [7, 11) is 0. The van der Waals surface area contributed by atoms with E-state index in [9.17, 15) is 9.59 Å². The van der Waals surface area contributed by atoms with Crippen molar-refractivity contribution in [3.05, 3.63) is 77.9 Å². The van der Waals surface area contributed by atoms with Gasteiger partial charge in [-0.3, -0.25) is 10.2 Å². The summed E-state index contributed by atoms with van der Waals surface area (Å²) in [6, 6.07) is 19.1. The van der Waals surface area contributed by atoms with Crippen molar-refractivity contribution < 1.29 is 23.8 Å². The SMILES string of the molecule is O=C(NNC(=O)C1c2ccccc2Oc2ccccc21)Nc1ccc2c(c1)OCO2. The lowest BCUT2D eigenvalue weighted by molar-refractivity contribution is -0.122. The third kappa shape index (κ3) is 3.24. The van der Waals surface area contributed by atoms with Crippen molar-refractivity contribution in [1.82, 2.24) is 10.9 Å². The van der Waals surface area contributed by atoms with Gasteiger partial charge in [-0.15, -0.1) is 0 Å². The van der Waals surface area contributed by atoms with Crippen molar-refractivity contribution in [2.75, 3.05) is 12.1 Å². The number of benzene rings is 3. The topological polar surface area (TPSA) is 97.9 Å². The maximum atomic E-state index is 13.0. The van der Waals surface area contributed by atoms with Crippen molar-refractivity contribution in [3.8, 4) is 23.0 Å². The van der Waals surface area contributed by atoms with Crippen LogP contribution in [0.2, 0.25) is 0 Å². The summed E-state index contributed by atoms with van der Waals surface area (Å²) < 4.78 is 16.4. The number of hydrogen-bond acceptors (Lipinski definition) is 5. The van der Waals surface area contributed by atoms with Crippen LogP contribution >= 0.6 is 0 Å². The van der Waals surface area contributed by atoms with E-state index in [1.807, 2.05) is 48.5 Å². The number of carbonyl (C=O) groups excluding carboxylic acids is 2. The highest BCUT2D eigenvalue weighted by atomic mass is 16.7. The largest absolute Gasteiger partial charge is 0.457 e. The van der Waals surface area contributed by atoms with Gasteiger partial charge in [-0.25, -0.2) is 10.2 Å². The van der Waals surface area contributed by atoms with Crippen LogP contribution in [0.5, 0.6) is 23.0 Å². The van der Waals surface area contributed by atoms with Gasteiger partial charge in [-0.1, -0.05) is 36.4 Å². The molecule has 0 bridgehead atoms. The molecule has 3 aromatic rings. The number of amides is 3. The van der Waals surface area contributed by atoms with Crippen molar-refractivity contribution >= 4 is 17.6 Å². The lowest BCUT2D eigenvalue weighted by atomic mass is 9.87. The van der Waals surface area contributed by atoms with Gasteiger partial charge in [-0.2, -0.15) is 0 Å². The van der Waals surface area contributed by atoms with E-state index >= 15 is 0 Å². The molecule has 8 nitrogen and oxygen atoms in total. The molecule has 2 heterocycles. The molecule has 2 aliphatic heterocycles. The molecule has 150 valence electrons. The molecule has 0 aromatic heterocycles. The Balaban J connectivity index is 1.29. The number of hydrazine groups is 1. The van der Waals surface area contributed by atoms with Crippen LogP contribution in [0.25, 0.3) is 0 Å². The van der Waals surface area contributed by atoms with E-state index in [0.29, 0.717) is 28.7 Å². The molecule has 0 unspecified atom stereocenters. The first kappa shape index (κ1) is 17.9. The Morgan fingerprint density at radius 2 is 1.43 bits per heavy atom. The predicted molar refractivity (Wildman–Crippen MR) is 108 cm³/mol. The second kappa shape index (κ2) is 7.32. The number of para-hydroxylation sites is 2.